The first-order valence-electron chi connectivity index (χ1n) is 7.76. The first-order chi connectivity index (χ1) is 11.4. The number of nitrogens with one attached hydrogen (secondary N) is 1. The predicted octanol–water partition coefficient (Wildman–Crippen LogP) is 2.67. The summed E-state index contributed by atoms with van der Waals surface area (Å²) >= 11 is 0. The molecule has 0 bridgehead atoms. The van der Waals surface area contributed by atoms with Crippen LogP contribution in [0.15, 0.2) is 24.3 Å². The minimum absolute atomic E-state index is 0.0109. The molecule has 4 nitrogen and oxygen atoms in total. The Hall–Kier alpha value is -1.70. The highest BCUT2D eigenvalue weighted by atomic mass is 19.4. The standard InChI is InChI=1S/C17H22F3N3O/c1-11-8-12(6-7-22-10-13(9-21)24-2)14-4-3-5-15(16(14)23-11)17(18,19)20/h3-5,8,13,22H,6-7,9-10,21H2,1-2H3/t13-/m1/s1. The molecule has 0 fully saturated rings. The van der Waals surface area contributed by atoms with Gasteiger partial charge in [-0.05, 0) is 37.6 Å². The summed E-state index contributed by atoms with van der Waals surface area (Å²) in [5.74, 6) is 0. The van der Waals surface area contributed by atoms with E-state index in [4.69, 9.17) is 10.5 Å². The molecule has 7 heteroatoms. The number of pyridine rings is 1. The molecule has 24 heavy (non-hydrogen) atoms. The van der Waals surface area contributed by atoms with Gasteiger partial charge in [-0.1, -0.05) is 12.1 Å². The van der Waals surface area contributed by atoms with Crippen LogP contribution in [0.5, 0.6) is 0 Å². The van der Waals surface area contributed by atoms with Crippen LogP contribution in [-0.2, 0) is 17.3 Å². The van der Waals surface area contributed by atoms with Crippen LogP contribution in [0.2, 0.25) is 0 Å². The fourth-order valence-electron chi connectivity index (χ4n) is 2.65. The van der Waals surface area contributed by atoms with E-state index in [9.17, 15) is 13.2 Å². The number of methoxy groups -OCH3 is 1. The van der Waals surface area contributed by atoms with Crippen molar-refractivity contribution in [2.24, 2.45) is 5.73 Å². The van der Waals surface area contributed by atoms with Crippen molar-refractivity contribution in [1.29, 1.82) is 0 Å². The minimum atomic E-state index is -4.41. The number of halogens is 3. The van der Waals surface area contributed by atoms with Crippen molar-refractivity contribution in [1.82, 2.24) is 10.3 Å². The summed E-state index contributed by atoms with van der Waals surface area (Å²) in [6, 6.07) is 6.01. The second-order valence-corrected chi connectivity index (χ2v) is 5.67. The fourth-order valence-corrected chi connectivity index (χ4v) is 2.65. The number of para-hydroxylation sites is 1. The summed E-state index contributed by atoms with van der Waals surface area (Å²) in [7, 11) is 1.59. The molecule has 0 aliphatic carbocycles. The highest BCUT2D eigenvalue weighted by Crippen LogP contribution is 2.35. The average Bonchev–Trinajstić information content (AvgIpc) is 2.53. The summed E-state index contributed by atoms with van der Waals surface area (Å²) < 4.78 is 44.7. The van der Waals surface area contributed by atoms with Crippen LogP contribution < -0.4 is 11.1 Å². The number of hydrogen-bond acceptors (Lipinski definition) is 4. The van der Waals surface area contributed by atoms with Gasteiger partial charge in [0.15, 0.2) is 0 Å². The number of fused-ring (bicyclic) bond motifs is 1. The van der Waals surface area contributed by atoms with E-state index in [1.165, 1.54) is 6.07 Å². The zero-order valence-electron chi connectivity index (χ0n) is 13.8. The van der Waals surface area contributed by atoms with Crippen LogP contribution >= 0.6 is 0 Å². The lowest BCUT2D eigenvalue weighted by Crippen LogP contribution is -2.35. The molecule has 0 aliphatic heterocycles. The van der Waals surface area contributed by atoms with Crippen molar-refractivity contribution in [3.05, 3.63) is 41.1 Å². The molecule has 132 valence electrons. The largest absolute Gasteiger partial charge is 0.418 e. The molecule has 1 atom stereocenters. The van der Waals surface area contributed by atoms with Gasteiger partial charge in [0.25, 0.3) is 0 Å². The van der Waals surface area contributed by atoms with Crippen LogP contribution in [0.25, 0.3) is 10.9 Å². The van der Waals surface area contributed by atoms with Gasteiger partial charge in [0, 0.05) is 31.3 Å². The van der Waals surface area contributed by atoms with Crippen molar-refractivity contribution >= 4 is 10.9 Å². The number of aryl methyl sites for hydroxylation is 1. The molecule has 1 aromatic heterocycles. The molecule has 0 amide bonds. The molecular formula is C17H22F3N3O. The van der Waals surface area contributed by atoms with Crippen LogP contribution in [0.4, 0.5) is 13.2 Å². The van der Waals surface area contributed by atoms with Crippen molar-refractivity contribution in [2.75, 3.05) is 26.7 Å². The van der Waals surface area contributed by atoms with Gasteiger partial charge in [0.05, 0.1) is 17.2 Å². The van der Waals surface area contributed by atoms with E-state index in [1.807, 2.05) is 6.07 Å². The molecule has 0 spiro atoms. The quantitative estimate of drug-likeness (QED) is 0.760. The van der Waals surface area contributed by atoms with Gasteiger partial charge < -0.3 is 15.8 Å². The highest BCUT2D eigenvalue weighted by molar-refractivity contribution is 5.85. The molecular weight excluding hydrogens is 319 g/mol. The van der Waals surface area contributed by atoms with Crippen LogP contribution in [-0.4, -0.2) is 37.8 Å². The van der Waals surface area contributed by atoms with Crippen LogP contribution in [0.3, 0.4) is 0 Å². The normalized spacial score (nSPS) is 13.4. The predicted molar refractivity (Wildman–Crippen MR) is 87.9 cm³/mol. The summed E-state index contributed by atoms with van der Waals surface area (Å²) in [4.78, 5) is 4.11. The Morgan fingerprint density at radius 3 is 2.71 bits per heavy atom. The first-order valence-corrected chi connectivity index (χ1v) is 7.76. The number of alkyl halides is 3. The Bertz CT molecular complexity index is 685. The zero-order valence-corrected chi connectivity index (χ0v) is 13.8. The van der Waals surface area contributed by atoms with Gasteiger partial charge >= 0.3 is 6.18 Å². The molecule has 2 rings (SSSR count). The second kappa shape index (κ2) is 7.92. The highest BCUT2D eigenvalue weighted by Gasteiger charge is 2.33. The van der Waals surface area contributed by atoms with E-state index in [-0.39, 0.29) is 11.6 Å². The van der Waals surface area contributed by atoms with Gasteiger partial charge in [0.1, 0.15) is 0 Å². The molecule has 0 saturated heterocycles. The second-order valence-electron chi connectivity index (χ2n) is 5.67. The zero-order chi connectivity index (χ0) is 17.7. The van der Waals surface area contributed by atoms with Gasteiger partial charge in [-0.3, -0.25) is 4.98 Å². The van der Waals surface area contributed by atoms with Crippen LogP contribution in [0, 0.1) is 6.92 Å². The van der Waals surface area contributed by atoms with Gasteiger partial charge in [-0.2, -0.15) is 13.2 Å². The molecule has 1 aromatic carbocycles. The number of nitrogens with zero attached hydrogens (tertiary/aromatic N) is 1. The topological polar surface area (TPSA) is 60.2 Å². The molecule has 0 aliphatic rings. The molecule has 0 saturated carbocycles. The summed E-state index contributed by atoms with van der Waals surface area (Å²) in [5, 5.41) is 3.76. The number of aromatic nitrogens is 1. The summed E-state index contributed by atoms with van der Waals surface area (Å²) in [6.07, 6.45) is -3.89. The van der Waals surface area contributed by atoms with E-state index in [0.717, 1.165) is 11.6 Å². The Morgan fingerprint density at radius 2 is 2.08 bits per heavy atom. The average molecular weight is 341 g/mol. The van der Waals surface area contributed by atoms with E-state index >= 15 is 0 Å². The molecule has 2 aromatic rings. The molecule has 0 radical (unpaired) electrons. The van der Waals surface area contributed by atoms with Crippen molar-refractivity contribution < 1.29 is 17.9 Å². The lowest BCUT2D eigenvalue weighted by molar-refractivity contribution is -0.136. The smallest absolute Gasteiger partial charge is 0.379 e. The van der Waals surface area contributed by atoms with E-state index in [2.05, 4.69) is 10.3 Å². The number of nitrogens with two attached hydrogens (primary N) is 1. The molecule has 0 unspecified atom stereocenters. The van der Waals surface area contributed by atoms with Crippen LogP contribution in [0.1, 0.15) is 16.8 Å². The Morgan fingerprint density at radius 1 is 1.33 bits per heavy atom. The Labute approximate surface area is 139 Å². The molecule has 1 heterocycles. The third kappa shape index (κ3) is 4.43. The maximum Gasteiger partial charge on any atom is 0.418 e. The van der Waals surface area contributed by atoms with Gasteiger partial charge in [0.2, 0.25) is 0 Å². The van der Waals surface area contributed by atoms with Crippen molar-refractivity contribution in [3.63, 3.8) is 0 Å². The summed E-state index contributed by atoms with van der Waals surface area (Å²) in [6.45, 7) is 3.34. The third-order valence-corrected chi connectivity index (χ3v) is 3.90. The lowest BCUT2D eigenvalue weighted by Gasteiger charge is -2.15. The van der Waals surface area contributed by atoms with Gasteiger partial charge in [-0.15, -0.1) is 0 Å². The summed E-state index contributed by atoms with van der Waals surface area (Å²) in [5.41, 5.74) is 6.29. The van der Waals surface area contributed by atoms with Gasteiger partial charge in [-0.25, -0.2) is 0 Å². The first kappa shape index (κ1) is 18.6. The maximum atomic E-state index is 13.2. The Balaban J connectivity index is 2.22. The van der Waals surface area contributed by atoms with Crippen molar-refractivity contribution in [2.45, 2.75) is 25.6 Å². The number of benzene rings is 1. The Kier molecular flexibility index (Phi) is 6.15. The SMILES string of the molecule is CO[C@H](CN)CNCCc1cc(C)nc2c(C(F)(F)F)cccc12. The molecule has 3 N–H and O–H groups in total. The minimum Gasteiger partial charge on any atom is -0.379 e. The monoisotopic (exact) mass is 341 g/mol. The number of rotatable bonds is 7. The van der Waals surface area contributed by atoms with E-state index in [1.54, 1.807) is 20.1 Å². The lowest BCUT2D eigenvalue weighted by atomic mass is 10.0. The van der Waals surface area contributed by atoms with Crippen molar-refractivity contribution in [3.8, 4) is 0 Å². The third-order valence-electron chi connectivity index (χ3n) is 3.90. The van der Waals surface area contributed by atoms with E-state index < -0.39 is 11.7 Å². The fraction of sp³-hybridized carbons (Fsp3) is 0.471. The van der Waals surface area contributed by atoms with E-state index in [0.29, 0.717) is 37.1 Å². The number of ether oxygens (including phenoxy) is 1. The number of hydrogen-bond donors (Lipinski definition) is 2. The maximum absolute atomic E-state index is 13.2.